The number of amides is 1. The van der Waals surface area contributed by atoms with Crippen LogP contribution in [0.5, 0.6) is 0 Å². The maximum atomic E-state index is 12.3. The molecule has 0 aliphatic heterocycles. The first kappa shape index (κ1) is 15.4. The Labute approximate surface area is 142 Å². The van der Waals surface area contributed by atoms with Gasteiger partial charge in [-0.3, -0.25) is 4.79 Å². The molecule has 1 aromatic heterocycles. The third-order valence-electron chi connectivity index (χ3n) is 5.69. The second-order valence-electron chi connectivity index (χ2n) is 7.33. The first-order valence-electron chi connectivity index (χ1n) is 8.95. The second-order valence-corrected chi connectivity index (χ2v) is 7.33. The van der Waals surface area contributed by atoms with Crippen LogP contribution in [0.1, 0.15) is 38.3 Å². The van der Waals surface area contributed by atoms with Crippen LogP contribution in [0.15, 0.2) is 36.5 Å². The minimum absolute atomic E-state index is 0.0467. The fourth-order valence-electron chi connectivity index (χ4n) is 4.54. The lowest BCUT2D eigenvalue weighted by Crippen LogP contribution is -2.40. The van der Waals surface area contributed by atoms with Crippen LogP contribution in [0.3, 0.4) is 0 Å². The molecule has 4 rings (SSSR count). The predicted octanol–water partition coefficient (Wildman–Crippen LogP) is 2.75. The van der Waals surface area contributed by atoms with Crippen LogP contribution in [0.25, 0.3) is 5.69 Å². The van der Waals surface area contributed by atoms with Crippen molar-refractivity contribution in [3.05, 3.63) is 42.2 Å². The van der Waals surface area contributed by atoms with E-state index in [9.17, 15) is 4.79 Å². The van der Waals surface area contributed by atoms with E-state index in [1.165, 1.54) is 25.7 Å². The van der Waals surface area contributed by atoms with Crippen LogP contribution in [-0.2, 0) is 11.2 Å². The van der Waals surface area contributed by atoms with Crippen molar-refractivity contribution in [3.63, 3.8) is 0 Å². The average Bonchev–Trinajstić information content (AvgIpc) is 3.32. The summed E-state index contributed by atoms with van der Waals surface area (Å²) in [7, 11) is 0. The smallest absolute Gasteiger partial charge is 0.226 e. The van der Waals surface area contributed by atoms with E-state index < -0.39 is 0 Å². The molecule has 1 heterocycles. The first-order valence-corrected chi connectivity index (χ1v) is 8.95. The second kappa shape index (κ2) is 6.38. The number of carbonyl (C=O) groups excluding carboxylic acids is 1. The van der Waals surface area contributed by atoms with Crippen molar-refractivity contribution in [1.29, 1.82) is 0 Å². The van der Waals surface area contributed by atoms with Gasteiger partial charge in [-0.15, -0.1) is 0 Å². The third-order valence-corrected chi connectivity index (χ3v) is 5.69. The van der Waals surface area contributed by atoms with E-state index in [4.69, 9.17) is 0 Å². The molecular weight excluding hydrogens is 300 g/mol. The highest BCUT2D eigenvalue weighted by molar-refractivity contribution is 5.78. The van der Waals surface area contributed by atoms with E-state index >= 15 is 0 Å². The van der Waals surface area contributed by atoms with Crippen LogP contribution in [0.2, 0.25) is 0 Å². The summed E-state index contributed by atoms with van der Waals surface area (Å²) >= 11 is 0. The van der Waals surface area contributed by atoms with E-state index in [2.05, 4.69) is 22.4 Å². The lowest BCUT2D eigenvalue weighted by Gasteiger charge is -2.28. The van der Waals surface area contributed by atoms with Crippen molar-refractivity contribution in [2.24, 2.45) is 17.8 Å². The van der Waals surface area contributed by atoms with Gasteiger partial charge in [-0.25, -0.2) is 0 Å². The molecule has 0 saturated heterocycles. The molecule has 0 spiro atoms. The summed E-state index contributed by atoms with van der Waals surface area (Å²) in [4.78, 5) is 13.9. The lowest BCUT2D eigenvalue weighted by molar-refractivity contribution is -0.121. The molecular formula is C19H24N4O. The van der Waals surface area contributed by atoms with Crippen LogP contribution < -0.4 is 5.32 Å². The van der Waals surface area contributed by atoms with E-state index in [-0.39, 0.29) is 18.4 Å². The monoisotopic (exact) mass is 324 g/mol. The molecule has 2 aromatic rings. The Balaban J connectivity index is 1.34. The number of carbonyl (C=O) groups is 1. The fourth-order valence-corrected chi connectivity index (χ4v) is 4.54. The standard InChI is InChI=1S/C19H24N4O/c1-13(18-10-14-7-8-15(18)9-14)21-19(24)11-16-12-20-23(22-16)17-5-3-2-4-6-17/h2-6,12-15,18H,7-11H2,1H3,(H,21,24)/t13-,14+,15+,18-/m1/s1. The van der Waals surface area contributed by atoms with Gasteiger partial charge in [0.25, 0.3) is 0 Å². The predicted molar refractivity (Wildman–Crippen MR) is 91.6 cm³/mol. The van der Waals surface area contributed by atoms with Crippen molar-refractivity contribution >= 4 is 5.91 Å². The summed E-state index contributed by atoms with van der Waals surface area (Å²) < 4.78 is 0. The normalized spacial score (nSPS) is 26.5. The van der Waals surface area contributed by atoms with Crippen molar-refractivity contribution < 1.29 is 4.79 Å². The van der Waals surface area contributed by atoms with E-state index in [0.29, 0.717) is 11.6 Å². The number of hydrogen-bond acceptors (Lipinski definition) is 3. The highest BCUT2D eigenvalue weighted by atomic mass is 16.1. The third kappa shape index (κ3) is 3.07. The molecule has 1 amide bonds. The zero-order valence-corrected chi connectivity index (χ0v) is 14.1. The topological polar surface area (TPSA) is 59.8 Å². The van der Waals surface area contributed by atoms with E-state index in [0.717, 1.165) is 17.5 Å². The van der Waals surface area contributed by atoms with Gasteiger partial charge in [0, 0.05) is 6.04 Å². The highest BCUT2D eigenvalue weighted by Gasteiger charge is 2.42. The molecule has 126 valence electrons. The van der Waals surface area contributed by atoms with Crippen molar-refractivity contribution in [2.45, 2.75) is 45.1 Å². The molecule has 4 atom stereocenters. The molecule has 5 nitrogen and oxygen atoms in total. The van der Waals surface area contributed by atoms with Gasteiger partial charge in [0.05, 0.1) is 24.0 Å². The van der Waals surface area contributed by atoms with Crippen molar-refractivity contribution in [1.82, 2.24) is 20.3 Å². The summed E-state index contributed by atoms with van der Waals surface area (Å²) in [6.07, 6.45) is 7.37. The van der Waals surface area contributed by atoms with Gasteiger partial charge in [-0.05, 0) is 56.1 Å². The van der Waals surface area contributed by atoms with Gasteiger partial charge in [0.15, 0.2) is 0 Å². The lowest BCUT2D eigenvalue weighted by atomic mass is 9.84. The van der Waals surface area contributed by atoms with Gasteiger partial charge in [0.2, 0.25) is 5.91 Å². The molecule has 0 radical (unpaired) electrons. The van der Waals surface area contributed by atoms with Gasteiger partial charge < -0.3 is 5.32 Å². The molecule has 1 N–H and O–H groups in total. The summed E-state index contributed by atoms with van der Waals surface area (Å²) in [6, 6.07) is 10.0. The van der Waals surface area contributed by atoms with Crippen LogP contribution in [0.4, 0.5) is 0 Å². The van der Waals surface area contributed by atoms with Gasteiger partial charge in [-0.2, -0.15) is 15.0 Å². The molecule has 2 saturated carbocycles. The maximum Gasteiger partial charge on any atom is 0.226 e. The number of rotatable bonds is 5. The summed E-state index contributed by atoms with van der Waals surface area (Å²) in [5.74, 6) is 2.44. The van der Waals surface area contributed by atoms with Crippen LogP contribution >= 0.6 is 0 Å². The number of nitrogens with one attached hydrogen (secondary N) is 1. The van der Waals surface area contributed by atoms with Gasteiger partial charge in [0.1, 0.15) is 0 Å². The zero-order valence-electron chi connectivity index (χ0n) is 14.1. The Bertz CT molecular complexity index is 711. The van der Waals surface area contributed by atoms with E-state index in [1.807, 2.05) is 30.3 Å². The number of benzene rings is 1. The molecule has 2 aliphatic rings. The molecule has 2 bridgehead atoms. The van der Waals surface area contributed by atoms with Crippen LogP contribution in [0, 0.1) is 17.8 Å². The Hall–Kier alpha value is -2.17. The summed E-state index contributed by atoms with van der Waals surface area (Å²) in [6.45, 7) is 2.16. The van der Waals surface area contributed by atoms with Gasteiger partial charge in [-0.1, -0.05) is 24.6 Å². The highest BCUT2D eigenvalue weighted by Crippen LogP contribution is 2.49. The number of aromatic nitrogens is 3. The number of hydrogen-bond donors (Lipinski definition) is 1. The fraction of sp³-hybridized carbons (Fsp3) is 0.526. The number of fused-ring (bicyclic) bond motifs is 2. The molecule has 2 aliphatic carbocycles. The average molecular weight is 324 g/mol. The first-order chi connectivity index (χ1) is 11.7. The minimum Gasteiger partial charge on any atom is -0.353 e. The summed E-state index contributed by atoms with van der Waals surface area (Å²) in [5.41, 5.74) is 1.61. The Morgan fingerprint density at radius 3 is 2.83 bits per heavy atom. The molecule has 5 heteroatoms. The van der Waals surface area contributed by atoms with E-state index in [1.54, 1.807) is 11.0 Å². The largest absolute Gasteiger partial charge is 0.353 e. The van der Waals surface area contributed by atoms with Gasteiger partial charge >= 0.3 is 0 Å². The maximum absolute atomic E-state index is 12.3. The SMILES string of the molecule is C[C@@H](NC(=O)Cc1cnn(-c2ccccc2)n1)[C@H]1C[C@H]2CC[C@H]1C2. The Kier molecular flexibility index (Phi) is 4.08. The van der Waals surface area contributed by atoms with Crippen LogP contribution in [-0.4, -0.2) is 26.9 Å². The molecule has 2 fully saturated rings. The zero-order chi connectivity index (χ0) is 16.5. The number of nitrogens with zero attached hydrogens (tertiary/aromatic N) is 3. The number of para-hydroxylation sites is 1. The summed E-state index contributed by atoms with van der Waals surface area (Å²) in [5, 5.41) is 11.8. The quantitative estimate of drug-likeness (QED) is 0.920. The Morgan fingerprint density at radius 1 is 1.29 bits per heavy atom. The Morgan fingerprint density at radius 2 is 2.12 bits per heavy atom. The molecule has 1 aromatic carbocycles. The van der Waals surface area contributed by atoms with Crippen molar-refractivity contribution in [3.8, 4) is 5.69 Å². The molecule has 24 heavy (non-hydrogen) atoms. The van der Waals surface area contributed by atoms with Crippen molar-refractivity contribution in [2.75, 3.05) is 0 Å². The minimum atomic E-state index is 0.0467. The molecule has 0 unspecified atom stereocenters.